The fraction of sp³-hybridized carbons (Fsp3) is 0.567. The molecule has 2 aromatic heterocycles. The van der Waals surface area contributed by atoms with Gasteiger partial charge in [-0.1, -0.05) is 0 Å². The highest BCUT2D eigenvalue weighted by molar-refractivity contribution is 5.95. The Morgan fingerprint density at radius 2 is 1.95 bits per heavy atom. The van der Waals surface area contributed by atoms with E-state index < -0.39 is 0 Å². The van der Waals surface area contributed by atoms with E-state index in [-0.39, 0.29) is 0 Å². The maximum Gasteiger partial charge on any atom is 0.163 e. The van der Waals surface area contributed by atoms with Crippen molar-refractivity contribution in [1.29, 1.82) is 0 Å². The molecule has 198 valence electrons. The first-order valence-electron chi connectivity index (χ1n) is 13.9. The number of pyridine rings is 1. The van der Waals surface area contributed by atoms with Crippen LogP contribution < -0.4 is 14.8 Å². The lowest BCUT2D eigenvalue weighted by atomic mass is 9.65. The Balaban J connectivity index is 1.26. The van der Waals surface area contributed by atoms with E-state index in [1.54, 1.807) is 7.11 Å². The minimum Gasteiger partial charge on any atom is -0.493 e. The molecule has 0 bridgehead atoms. The van der Waals surface area contributed by atoms with Crippen LogP contribution in [0, 0.1) is 12.3 Å². The number of furan rings is 1. The van der Waals surface area contributed by atoms with Gasteiger partial charge in [0.1, 0.15) is 11.5 Å². The molecule has 7 nitrogen and oxygen atoms in total. The Hall–Kier alpha value is -2.77. The Morgan fingerprint density at radius 3 is 2.65 bits per heavy atom. The van der Waals surface area contributed by atoms with Gasteiger partial charge in [0.15, 0.2) is 17.3 Å². The number of hydrogen-bond acceptors (Lipinski definition) is 7. The van der Waals surface area contributed by atoms with Crippen LogP contribution in [0.25, 0.3) is 22.4 Å². The van der Waals surface area contributed by atoms with Gasteiger partial charge >= 0.3 is 0 Å². The summed E-state index contributed by atoms with van der Waals surface area (Å²) in [5.41, 5.74) is 3.30. The van der Waals surface area contributed by atoms with E-state index in [1.165, 1.54) is 58.3 Å². The summed E-state index contributed by atoms with van der Waals surface area (Å²) in [7, 11) is 3.95. The van der Waals surface area contributed by atoms with Crippen LogP contribution in [0.2, 0.25) is 0 Å². The summed E-state index contributed by atoms with van der Waals surface area (Å²) in [6, 6.07) is 10.7. The van der Waals surface area contributed by atoms with Gasteiger partial charge in [0, 0.05) is 36.3 Å². The lowest BCUT2D eigenvalue weighted by Crippen LogP contribution is -2.46. The van der Waals surface area contributed by atoms with Crippen molar-refractivity contribution in [2.75, 3.05) is 58.8 Å². The third kappa shape index (κ3) is 5.16. The summed E-state index contributed by atoms with van der Waals surface area (Å²) in [5.74, 6) is 3.17. The van der Waals surface area contributed by atoms with E-state index in [0.717, 1.165) is 58.3 Å². The molecule has 4 heterocycles. The molecule has 1 spiro atoms. The lowest BCUT2D eigenvalue weighted by Gasteiger charge is -2.46. The third-order valence-electron chi connectivity index (χ3n) is 8.51. The Labute approximate surface area is 220 Å². The van der Waals surface area contributed by atoms with Gasteiger partial charge in [-0.25, -0.2) is 4.98 Å². The molecule has 1 saturated carbocycles. The Morgan fingerprint density at radius 1 is 1.11 bits per heavy atom. The molecule has 0 unspecified atom stereocenters. The van der Waals surface area contributed by atoms with Crippen LogP contribution in [-0.2, 0) is 0 Å². The highest BCUT2D eigenvalue weighted by Gasteiger charge is 2.47. The maximum absolute atomic E-state index is 6.23. The van der Waals surface area contributed by atoms with Gasteiger partial charge < -0.3 is 29.0 Å². The van der Waals surface area contributed by atoms with Gasteiger partial charge in [-0.05, 0) is 102 Å². The number of likely N-dealkylation sites (tertiary alicyclic amines) is 2. The number of hydrogen-bond donors (Lipinski definition) is 1. The first-order chi connectivity index (χ1) is 18.0. The monoisotopic (exact) mass is 504 g/mol. The van der Waals surface area contributed by atoms with Crippen molar-refractivity contribution in [1.82, 2.24) is 14.8 Å². The van der Waals surface area contributed by atoms with Crippen LogP contribution in [0.1, 0.15) is 44.3 Å². The van der Waals surface area contributed by atoms with Gasteiger partial charge in [0.05, 0.1) is 19.2 Å². The predicted molar refractivity (Wildman–Crippen MR) is 148 cm³/mol. The molecular weight excluding hydrogens is 464 g/mol. The van der Waals surface area contributed by atoms with E-state index in [0.29, 0.717) is 18.1 Å². The second kappa shape index (κ2) is 10.2. The van der Waals surface area contributed by atoms with Crippen molar-refractivity contribution in [2.24, 2.45) is 5.41 Å². The van der Waals surface area contributed by atoms with Gasteiger partial charge in [0.25, 0.3) is 0 Å². The Kier molecular flexibility index (Phi) is 6.76. The number of aryl methyl sites for hydroxylation is 1. The molecule has 2 saturated heterocycles. The highest BCUT2D eigenvalue weighted by atomic mass is 16.5. The molecule has 0 amide bonds. The number of anilines is 1. The molecule has 2 aliphatic heterocycles. The summed E-state index contributed by atoms with van der Waals surface area (Å²) >= 11 is 0. The van der Waals surface area contributed by atoms with E-state index in [2.05, 4.69) is 34.3 Å². The average Bonchev–Trinajstić information content (AvgIpc) is 3.63. The smallest absolute Gasteiger partial charge is 0.163 e. The molecule has 1 N–H and O–H groups in total. The zero-order valence-corrected chi connectivity index (χ0v) is 22.5. The highest BCUT2D eigenvalue weighted by Crippen LogP contribution is 2.49. The minimum absolute atomic E-state index is 0.468. The van der Waals surface area contributed by atoms with Crippen LogP contribution in [0.4, 0.5) is 5.69 Å². The third-order valence-corrected chi connectivity index (χ3v) is 8.51. The van der Waals surface area contributed by atoms with E-state index in [1.807, 2.05) is 25.1 Å². The lowest BCUT2D eigenvalue weighted by molar-refractivity contribution is 0.127. The molecule has 0 radical (unpaired) electrons. The quantitative estimate of drug-likeness (QED) is 0.382. The molecule has 1 aromatic carbocycles. The molecule has 6 rings (SSSR count). The Bertz CT molecular complexity index is 1240. The SMILES string of the molecule is COc1cc2c(NC3CC4(CCN(C)C4)C3)cc(-c3ccc(C)o3)nc2cc1OCCCN1CCCC1. The number of methoxy groups -OCH3 is 1. The summed E-state index contributed by atoms with van der Waals surface area (Å²) in [6.07, 6.45) is 7.38. The minimum atomic E-state index is 0.468. The zero-order chi connectivity index (χ0) is 25.4. The van der Waals surface area contributed by atoms with E-state index >= 15 is 0 Å². The zero-order valence-electron chi connectivity index (χ0n) is 22.5. The first kappa shape index (κ1) is 24.6. The number of ether oxygens (including phenoxy) is 2. The summed E-state index contributed by atoms with van der Waals surface area (Å²) in [5, 5.41) is 4.91. The maximum atomic E-state index is 6.23. The molecule has 37 heavy (non-hydrogen) atoms. The van der Waals surface area contributed by atoms with Gasteiger partial charge in [0.2, 0.25) is 0 Å². The standard InChI is InChI=1S/C30H40N4O3/c1-21-7-8-27(37-21)26-16-24(31-22-18-30(19-22)9-13-33(2)20-30)23-15-28(35-3)29(17-25(23)32-26)36-14-6-12-34-10-4-5-11-34/h7-8,15-17,22H,4-6,9-14,18-20H2,1-3H3,(H,31,32). The van der Waals surface area contributed by atoms with Gasteiger partial charge in [-0.2, -0.15) is 0 Å². The van der Waals surface area contributed by atoms with Crippen molar-refractivity contribution in [2.45, 2.75) is 51.5 Å². The number of fused-ring (bicyclic) bond motifs is 1. The van der Waals surface area contributed by atoms with Crippen LogP contribution in [0.3, 0.4) is 0 Å². The number of nitrogens with one attached hydrogen (secondary N) is 1. The summed E-state index contributed by atoms with van der Waals surface area (Å²) < 4.78 is 18.0. The number of rotatable bonds is 9. The van der Waals surface area contributed by atoms with Gasteiger partial charge in [-0.3, -0.25) is 0 Å². The number of aromatic nitrogens is 1. The fourth-order valence-corrected chi connectivity index (χ4v) is 6.60. The molecular formula is C30H40N4O3. The molecule has 1 aliphatic carbocycles. The molecule has 3 aliphatic rings. The van der Waals surface area contributed by atoms with Crippen LogP contribution in [-0.4, -0.2) is 74.3 Å². The topological polar surface area (TPSA) is 63.0 Å². The summed E-state index contributed by atoms with van der Waals surface area (Å²) in [6.45, 7) is 8.58. The van der Waals surface area contributed by atoms with Crippen LogP contribution in [0.15, 0.2) is 34.7 Å². The van der Waals surface area contributed by atoms with Crippen molar-refractivity contribution in [3.05, 3.63) is 36.1 Å². The molecule has 3 fully saturated rings. The second-order valence-corrected chi connectivity index (χ2v) is 11.5. The van der Waals surface area contributed by atoms with Crippen LogP contribution in [0.5, 0.6) is 11.5 Å². The summed E-state index contributed by atoms with van der Waals surface area (Å²) in [4.78, 5) is 9.98. The molecule has 0 atom stereocenters. The number of benzene rings is 1. The normalized spacial score (nSPS) is 24.1. The van der Waals surface area contributed by atoms with Crippen LogP contribution >= 0.6 is 0 Å². The van der Waals surface area contributed by atoms with Crippen molar-refractivity contribution < 1.29 is 13.9 Å². The molecule has 7 heteroatoms. The largest absolute Gasteiger partial charge is 0.493 e. The van der Waals surface area contributed by atoms with Crippen molar-refractivity contribution >= 4 is 16.6 Å². The number of nitrogens with zero attached hydrogens (tertiary/aromatic N) is 3. The van der Waals surface area contributed by atoms with Gasteiger partial charge in [-0.15, -0.1) is 0 Å². The van der Waals surface area contributed by atoms with E-state index in [4.69, 9.17) is 18.9 Å². The molecule has 3 aromatic rings. The van der Waals surface area contributed by atoms with E-state index in [9.17, 15) is 0 Å². The van der Waals surface area contributed by atoms with Crippen molar-refractivity contribution in [3.63, 3.8) is 0 Å². The fourth-order valence-electron chi connectivity index (χ4n) is 6.60. The van der Waals surface area contributed by atoms with Crippen molar-refractivity contribution in [3.8, 4) is 23.0 Å². The predicted octanol–water partition coefficient (Wildman–Crippen LogP) is 5.57. The average molecular weight is 505 g/mol. The first-order valence-corrected chi connectivity index (χ1v) is 13.9. The second-order valence-electron chi connectivity index (χ2n) is 11.5.